The summed E-state index contributed by atoms with van der Waals surface area (Å²) in [7, 11) is -3.45. The van der Waals surface area contributed by atoms with Crippen LogP contribution in [0.15, 0.2) is 23.1 Å². The summed E-state index contributed by atoms with van der Waals surface area (Å²) in [6.07, 6.45) is 3.98. The maximum absolute atomic E-state index is 12.6. The lowest BCUT2D eigenvalue weighted by molar-refractivity contribution is 0.111. The van der Waals surface area contributed by atoms with Crippen molar-refractivity contribution in [1.29, 1.82) is 0 Å². The smallest absolute Gasteiger partial charge is 0.240 e. The van der Waals surface area contributed by atoms with Gasteiger partial charge in [-0.15, -0.1) is 0 Å². The van der Waals surface area contributed by atoms with Gasteiger partial charge in [0.1, 0.15) is 5.75 Å². The van der Waals surface area contributed by atoms with Gasteiger partial charge in [0, 0.05) is 25.6 Å². The van der Waals surface area contributed by atoms with Gasteiger partial charge >= 0.3 is 0 Å². The minimum atomic E-state index is -3.45. The van der Waals surface area contributed by atoms with E-state index in [1.165, 1.54) is 0 Å². The van der Waals surface area contributed by atoms with Crippen LogP contribution in [0.1, 0.15) is 24.8 Å². The molecule has 1 N–H and O–H groups in total. The summed E-state index contributed by atoms with van der Waals surface area (Å²) in [5, 5.41) is 0. The predicted molar refractivity (Wildman–Crippen MR) is 94.4 cm³/mol. The molecule has 3 aliphatic rings. The number of nitrogens with zero attached hydrogens (tertiary/aromatic N) is 1. The van der Waals surface area contributed by atoms with E-state index in [4.69, 9.17) is 9.47 Å². The topological polar surface area (TPSA) is 67.9 Å². The lowest BCUT2D eigenvalue weighted by Crippen LogP contribution is -2.43. The Balaban J connectivity index is 1.30. The second kappa shape index (κ2) is 7.23. The first-order valence-corrected chi connectivity index (χ1v) is 10.7. The standard InChI is InChI=1S/C18H26N2O4S/c21-25(22,17-1-2-18-15(11-17)5-10-24-18)19-12-14-3-7-20(8-4-14)16-6-9-23-13-16/h1-2,11,14,16,19H,3-10,12-13H2. The maximum Gasteiger partial charge on any atom is 0.240 e. The molecular formula is C18H26N2O4S. The highest BCUT2D eigenvalue weighted by Crippen LogP contribution is 2.28. The van der Waals surface area contributed by atoms with E-state index in [0.717, 1.165) is 63.3 Å². The molecule has 0 aromatic heterocycles. The summed E-state index contributed by atoms with van der Waals surface area (Å²) in [6.45, 7) is 4.95. The molecule has 0 spiro atoms. The van der Waals surface area contributed by atoms with Crippen molar-refractivity contribution in [2.24, 2.45) is 5.92 Å². The van der Waals surface area contributed by atoms with Gasteiger partial charge in [-0.25, -0.2) is 13.1 Å². The number of piperidine rings is 1. The Kier molecular flexibility index (Phi) is 4.99. The number of sulfonamides is 1. The van der Waals surface area contributed by atoms with Gasteiger partial charge < -0.3 is 9.47 Å². The molecule has 0 amide bonds. The van der Waals surface area contributed by atoms with E-state index in [2.05, 4.69) is 9.62 Å². The van der Waals surface area contributed by atoms with Gasteiger partial charge in [0.2, 0.25) is 10.0 Å². The third kappa shape index (κ3) is 3.84. The third-order valence-electron chi connectivity index (χ3n) is 5.60. The number of likely N-dealkylation sites (tertiary alicyclic amines) is 1. The van der Waals surface area contributed by atoms with Crippen LogP contribution in [-0.4, -0.2) is 58.8 Å². The van der Waals surface area contributed by atoms with Crippen molar-refractivity contribution in [3.63, 3.8) is 0 Å². The molecule has 1 aromatic carbocycles. The van der Waals surface area contributed by atoms with Crippen molar-refractivity contribution in [1.82, 2.24) is 9.62 Å². The highest BCUT2D eigenvalue weighted by Gasteiger charge is 2.28. The molecule has 2 saturated heterocycles. The van der Waals surface area contributed by atoms with Crippen LogP contribution in [0.3, 0.4) is 0 Å². The summed E-state index contributed by atoms with van der Waals surface area (Å²) in [6, 6.07) is 5.70. The maximum atomic E-state index is 12.6. The molecule has 1 aromatic rings. The largest absolute Gasteiger partial charge is 0.493 e. The molecule has 0 bridgehead atoms. The Hall–Kier alpha value is -1.15. The van der Waals surface area contributed by atoms with Crippen molar-refractivity contribution >= 4 is 10.0 Å². The van der Waals surface area contributed by atoms with Crippen LogP contribution >= 0.6 is 0 Å². The van der Waals surface area contributed by atoms with Crippen LogP contribution in [-0.2, 0) is 21.2 Å². The normalized spacial score (nSPS) is 25.0. The molecule has 1 unspecified atom stereocenters. The fraction of sp³-hybridized carbons (Fsp3) is 0.667. The second-order valence-corrected chi connectivity index (χ2v) is 8.98. The molecule has 0 radical (unpaired) electrons. The van der Waals surface area contributed by atoms with Crippen molar-refractivity contribution in [2.75, 3.05) is 39.5 Å². The van der Waals surface area contributed by atoms with Crippen LogP contribution < -0.4 is 9.46 Å². The zero-order valence-corrected chi connectivity index (χ0v) is 15.3. The molecular weight excluding hydrogens is 340 g/mol. The number of fused-ring (bicyclic) bond motifs is 1. The van der Waals surface area contributed by atoms with Gasteiger partial charge in [-0.1, -0.05) is 0 Å². The second-order valence-electron chi connectivity index (χ2n) is 7.22. The first kappa shape index (κ1) is 17.3. The van der Waals surface area contributed by atoms with Gasteiger partial charge in [0.05, 0.1) is 18.1 Å². The number of hydrogen-bond acceptors (Lipinski definition) is 5. The highest BCUT2D eigenvalue weighted by atomic mass is 32.2. The summed E-state index contributed by atoms with van der Waals surface area (Å²) >= 11 is 0. The number of ether oxygens (including phenoxy) is 2. The first-order valence-electron chi connectivity index (χ1n) is 9.19. The van der Waals surface area contributed by atoms with E-state index in [1.807, 2.05) is 0 Å². The summed E-state index contributed by atoms with van der Waals surface area (Å²) in [5.41, 5.74) is 0.981. The molecule has 6 nitrogen and oxygen atoms in total. The van der Waals surface area contributed by atoms with E-state index in [0.29, 0.717) is 30.0 Å². The van der Waals surface area contributed by atoms with Crippen LogP contribution in [0.4, 0.5) is 0 Å². The van der Waals surface area contributed by atoms with Crippen molar-refractivity contribution in [3.05, 3.63) is 23.8 Å². The molecule has 138 valence electrons. The molecule has 4 rings (SSSR count). The van der Waals surface area contributed by atoms with Crippen LogP contribution in [0.5, 0.6) is 5.75 Å². The quantitative estimate of drug-likeness (QED) is 0.853. The Morgan fingerprint density at radius 3 is 2.76 bits per heavy atom. The van der Waals surface area contributed by atoms with Crippen molar-refractivity contribution < 1.29 is 17.9 Å². The number of hydrogen-bond donors (Lipinski definition) is 1. The molecule has 2 fully saturated rings. The summed E-state index contributed by atoms with van der Waals surface area (Å²) in [5.74, 6) is 1.22. The zero-order valence-electron chi connectivity index (χ0n) is 14.4. The Morgan fingerprint density at radius 2 is 2.00 bits per heavy atom. The lowest BCUT2D eigenvalue weighted by atomic mass is 9.96. The highest BCUT2D eigenvalue weighted by molar-refractivity contribution is 7.89. The minimum Gasteiger partial charge on any atom is -0.493 e. The average molecular weight is 366 g/mol. The molecule has 3 heterocycles. The first-order chi connectivity index (χ1) is 12.1. The minimum absolute atomic E-state index is 0.345. The summed E-state index contributed by atoms with van der Waals surface area (Å²) < 4.78 is 38.9. The number of nitrogens with one attached hydrogen (secondary N) is 1. The lowest BCUT2D eigenvalue weighted by Gasteiger charge is -2.35. The Bertz CT molecular complexity index is 708. The third-order valence-corrected chi connectivity index (χ3v) is 7.03. The molecule has 3 aliphatic heterocycles. The SMILES string of the molecule is O=S(=O)(NCC1CCN(C2CCOC2)CC1)c1ccc2c(c1)CCO2. The Morgan fingerprint density at radius 1 is 1.16 bits per heavy atom. The van der Waals surface area contributed by atoms with E-state index < -0.39 is 10.0 Å². The van der Waals surface area contributed by atoms with Crippen LogP contribution in [0.25, 0.3) is 0 Å². The molecule has 25 heavy (non-hydrogen) atoms. The van der Waals surface area contributed by atoms with Crippen LogP contribution in [0, 0.1) is 5.92 Å². The summed E-state index contributed by atoms with van der Waals surface area (Å²) in [4.78, 5) is 2.84. The fourth-order valence-corrected chi connectivity index (χ4v) is 5.14. The zero-order chi connectivity index (χ0) is 17.3. The van der Waals surface area contributed by atoms with E-state index in [9.17, 15) is 8.42 Å². The van der Waals surface area contributed by atoms with E-state index >= 15 is 0 Å². The van der Waals surface area contributed by atoms with Gasteiger partial charge in [0.25, 0.3) is 0 Å². The number of benzene rings is 1. The molecule has 7 heteroatoms. The van der Waals surface area contributed by atoms with Crippen molar-refractivity contribution in [2.45, 2.75) is 36.6 Å². The average Bonchev–Trinajstić information content (AvgIpc) is 3.31. The molecule has 0 saturated carbocycles. The Labute approximate surface area is 149 Å². The fourth-order valence-electron chi connectivity index (χ4n) is 3.97. The predicted octanol–water partition coefficient (Wildman–Crippen LogP) is 1.40. The van der Waals surface area contributed by atoms with Gasteiger partial charge in [0.15, 0.2) is 0 Å². The molecule has 1 atom stereocenters. The number of rotatable bonds is 5. The van der Waals surface area contributed by atoms with Crippen LogP contribution in [0.2, 0.25) is 0 Å². The van der Waals surface area contributed by atoms with Gasteiger partial charge in [-0.05, 0) is 62.0 Å². The van der Waals surface area contributed by atoms with Gasteiger partial charge in [-0.3, -0.25) is 4.90 Å². The van der Waals surface area contributed by atoms with Crippen molar-refractivity contribution in [3.8, 4) is 5.75 Å². The molecule has 0 aliphatic carbocycles. The van der Waals surface area contributed by atoms with E-state index in [1.54, 1.807) is 18.2 Å². The monoisotopic (exact) mass is 366 g/mol. The van der Waals surface area contributed by atoms with E-state index in [-0.39, 0.29) is 0 Å². The van der Waals surface area contributed by atoms with Gasteiger partial charge in [-0.2, -0.15) is 0 Å².